The summed E-state index contributed by atoms with van der Waals surface area (Å²) in [5, 5.41) is 16.2. The first-order valence-electron chi connectivity index (χ1n) is 5.45. The van der Waals surface area contributed by atoms with Gasteiger partial charge in [-0.25, -0.2) is 0 Å². The predicted octanol–water partition coefficient (Wildman–Crippen LogP) is 0.489. The maximum atomic E-state index is 9.34. The second-order valence-electron chi connectivity index (χ2n) is 3.83. The Morgan fingerprint density at radius 2 is 2.15 bits per heavy atom. The molecule has 3 heteroatoms. The zero-order valence-corrected chi connectivity index (χ0v) is 8.55. The minimum atomic E-state index is -0.116. The number of hydrogen-bond donors (Lipinski definition) is 3. The molecule has 1 aliphatic rings. The van der Waals surface area contributed by atoms with E-state index in [-0.39, 0.29) is 6.10 Å². The first-order chi connectivity index (χ1) is 6.33. The van der Waals surface area contributed by atoms with Crippen LogP contribution >= 0.6 is 0 Å². The second kappa shape index (κ2) is 6.35. The van der Waals surface area contributed by atoms with Crippen LogP contribution in [0.2, 0.25) is 0 Å². The van der Waals surface area contributed by atoms with Crippen molar-refractivity contribution < 1.29 is 5.11 Å². The number of rotatable bonds is 5. The van der Waals surface area contributed by atoms with Gasteiger partial charge in [0.15, 0.2) is 0 Å². The number of piperidine rings is 1. The fourth-order valence-corrected chi connectivity index (χ4v) is 1.68. The van der Waals surface area contributed by atoms with Crippen LogP contribution in [0.15, 0.2) is 0 Å². The van der Waals surface area contributed by atoms with Crippen LogP contribution in [0.4, 0.5) is 0 Å². The summed E-state index contributed by atoms with van der Waals surface area (Å²) in [6.07, 6.45) is 4.09. The molecule has 0 amide bonds. The molecular weight excluding hydrogens is 164 g/mol. The fourth-order valence-electron chi connectivity index (χ4n) is 1.68. The highest BCUT2D eigenvalue weighted by molar-refractivity contribution is 4.74. The molecule has 3 nitrogen and oxygen atoms in total. The lowest BCUT2D eigenvalue weighted by Gasteiger charge is -2.24. The van der Waals surface area contributed by atoms with E-state index in [1.165, 1.54) is 12.8 Å². The van der Waals surface area contributed by atoms with Crippen molar-refractivity contribution in [3.8, 4) is 0 Å². The zero-order valence-electron chi connectivity index (χ0n) is 8.55. The lowest BCUT2D eigenvalue weighted by atomic mass is 10.1. The average molecular weight is 186 g/mol. The quantitative estimate of drug-likeness (QED) is 0.585. The van der Waals surface area contributed by atoms with E-state index < -0.39 is 0 Å². The van der Waals surface area contributed by atoms with Gasteiger partial charge >= 0.3 is 0 Å². The monoisotopic (exact) mass is 186 g/mol. The van der Waals surface area contributed by atoms with Gasteiger partial charge in [0.1, 0.15) is 0 Å². The molecule has 0 radical (unpaired) electrons. The summed E-state index contributed by atoms with van der Waals surface area (Å²) in [6, 6.07) is 0.672. The number of hydrogen-bond acceptors (Lipinski definition) is 3. The molecule has 1 saturated heterocycles. The van der Waals surface area contributed by atoms with E-state index in [0.29, 0.717) is 6.04 Å². The average Bonchev–Trinajstić information content (AvgIpc) is 2.19. The van der Waals surface area contributed by atoms with Gasteiger partial charge in [-0.1, -0.05) is 6.92 Å². The van der Waals surface area contributed by atoms with E-state index in [0.717, 1.165) is 32.5 Å². The zero-order chi connectivity index (χ0) is 9.52. The van der Waals surface area contributed by atoms with E-state index >= 15 is 0 Å². The molecular formula is C10H22N2O. The maximum absolute atomic E-state index is 9.34. The van der Waals surface area contributed by atoms with E-state index in [1.54, 1.807) is 0 Å². The van der Waals surface area contributed by atoms with Crippen molar-refractivity contribution >= 4 is 0 Å². The largest absolute Gasteiger partial charge is 0.393 e. The van der Waals surface area contributed by atoms with Crippen molar-refractivity contribution in [1.82, 2.24) is 10.6 Å². The molecule has 78 valence electrons. The maximum Gasteiger partial charge on any atom is 0.0549 e. The summed E-state index contributed by atoms with van der Waals surface area (Å²) in [5.41, 5.74) is 0. The molecule has 1 rings (SSSR count). The fraction of sp³-hybridized carbons (Fsp3) is 1.00. The summed E-state index contributed by atoms with van der Waals surface area (Å²) in [5.74, 6) is 0. The standard InChI is InChI=1S/C10H22N2O/c1-2-10(13)5-8-12-9-3-6-11-7-4-9/h9-13H,2-8H2,1H3. The van der Waals surface area contributed by atoms with Crippen LogP contribution in [0, 0.1) is 0 Å². The van der Waals surface area contributed by atoms with Gasteiger partial charge in [-0.05, 0) is 45.3 Å². The third-order valence-electron chi connectivity index (χ3n) is 2.72. The molecule has 0 bridgehead atoms. The van der Waals surface area contributed by atoms with Crippen LogP contribution in [-0.2, 0) is 0 Å². The minimum Gasteiger partial charge on any atom is -0.393 e. The Balaban J connectivity index is 1.98. The smallest absolute Gasteiger partial charge is 0.0549 e. The predicted molar refractivity (Wildman–Crippen MR) is 54.8 cm³/mol. The molecule has 0 aromatic carbocycles. The summed E-state index contributed by atoms with van der Waals surface area (Å²) < 4.78 is 0. The molecule has 1 fully saturated rings. The van der Waals surface area contributed by atoms with Gasteiger partial charge in [0.2, 0.25) is 0 Å². The van der Waals surface area contributed by atoms with Crippen LogP contribution < -0.4 is 10.6 Å². The summed E-state index contributed by atoms with van der Waals surface area (Å²) in [4.78, 5) is 0. The van der Waals surface area contributed by atoms with Crippen molar-refractivity contribution in [1.29, 1.82) is 0 Å². The molecule has 1 aliphatic heterocycles. The van der Waals surface area contributed by atoms with Crippen molar-refractivity contribution in [2.75, 3.05) is 19.6 Å². The summed E-state index contributed by atoms with van der Waals surface area (Å²) in [7, 11) is 0. The van der Waals surface area contributed by atoms with Gasteiger partial charge < -0.3 is 15.7 Å². The van der Waals surface area contributed by atoms with Gasteiger partial charge in [0, 0.05) is 6.04 Å². The Bertz CT molecular complexity index is 124. The van der Waals surface area contributed by atoms with Crippen molar-refractivity contribution in [2.24, 2.45) is 0 Å². The van der Waals surface area contributed by atoms with Crippen LogP contribution in [0.1, 0.15) is 32.6 Å². The number of nitrogens with one attached hydrogen (secondary N) is 2. The molecule has 13 heavy (non-hydrogen) atoms. The highest BCUT2D eigenvalue weighted by Gasteiger charge is 2.11. The van der Waals surface area contributed by atoms with Crippen LogP contribution in [0.25, 0.3) is 0 Å². The third-order valence-corrected chi connectivity index (χ3v) is 2.72. The van der Waals surface area contributed by atoms with Gasteiger partial charge in [-0.15, -0.1) is 0 Å². The van der Waals surface area contributed by atoms with E-state index in [1.807, 2.05) is 6.92 Å². The molecule has 3 N–H and O–H groups in total. The van der Waals surface area contributed by atoms with Gasteiger partial charge in [-0.2, -0.15) is 0 Å². The van der Waals surface area contributed by atoms with E-state index in [4.69, 9.17) is 0 Å². The number of aliphatic hydroxyl groups is 1. The highest BCUT2D eigenvalue weighted by Crippen LogP contribution is 2.02. The lowest BCUT2D eigenvalue weighted by molar-refractivity contribution is 0.157. The van der Waals surface area contributed by atoms with Crippen LogP contribution in [0.5, 0.6) is 0 Å². The molecule has 0 spiro atoms. The summed E-state index contributed by atoms with van der Waals surface area (Å²) in [6.45, 7) is 5.25. The Morgan fingerprint density at radius 3 is 2.77 bits per heavy atom. The molecule has 1 atom stereocenters. The van der Waals surface area contributed by atoms with Crippen LogP contribution in [-0.4, -0.2) is 36.9 Å². The lowest BCUT2D eigenvalue weighted by Crippen LogP contribution is -2.40. The SMILES string of the molecule is CCC(O)CCNC1CCNCC1. The number of aliphatic hydroxyl groups excluding tert-OH is 1. The Labute approximate surface area is 80.9 Å². The minimum absolute atomic E-state index is 0.116. The molecule has 1 unspecified atom stereocenters. The van der Waals surface area contributed by atoms with Crippen LogP contribution in [0.3, 0.4) is 0 Å². The Kier molecular flexibility index (Phi) is 5.35. The molecule has 0 aliphatic carbocycles. The highest BCUT2D eigenvalue weighted by atomic mass is 16.3. The molecule has 0 aromatic heterocycles. The Hall–Kier alpha value is -0.120. The van der Waals surface area contributed by atoms with Gasteiger partial charge in [0.05, 0.1) is 6.10 Å². The third kappa shape index (κ3) is 4.60. The van der Waals surface area contributed by atoms with Crippen molar-refractivity contribution in [2.45, 2.75) is 44.8 Å². The molecule has 0 saturated carbocycles. The van der Waals surface area contributed by atoms with Crippen molar-refractivity contribution in [3.05, 3.63) is 0 Å². The van der Waals surface area contributed by atoms with Gasteiger partial charge in [-0.3, -0.25) is 0 Å². The topological polar surface area (TPSA) is 44.3 Å². The molecule has 1 heterocycles. The molecule has 0 aromatic rings. The van der Waals surface area contributed by atoms with Crippen molar-refractivity contribution in [3.63, 3.8) is 0 Å². The normalized spacial score (nSPS) is 21.7. The van der Waals surface area contributed by atoms with Gasteiger partial charge in [0.25, 0.3) is 0 Å². The summed E-state index contributed by atoms with van der Waals surface area (Å²) >= 11 is 0. The second-order valence-corrected chi connectivity index (χ2v) is 3.83. The Morgan fingerprint density at radius 1 is 1.46 bits per heavy atom. The first-order valence-corrected chi connectivity index (χ1v) is 5.45. The van der Waals surface area contributed by atoms with E-state index in [9.17, 15) is 5.11 Å². The van der Waals surface area contributed by atoms with E-state index in [2.05, 4.69) is 10.6 Å². The first kappa shape index (κ1) is 11.0.